The first-order chi connectivity index (χ1) is 13.4. The van der Waals surface area contributed by atoms with Crippen molar-refractivity contribution >= 4 is 23.6 Å². The van der Waals surface area contributed by atoms with Crippen molar-refractivity contribution < 1.29 is 19.1 Å². The Balaban J connectivity index is 2.04. The van der Waals surface area contributed by atoms with Crippen molar-refractivity contribution in [2.45, 2.75) is 13.8 Å². The number of hydrogen-bond acceptors (Lipinski definition) is 4. The van der Waals surface area contributed by atoms with Gasteiger partial charge in [0.15, 0.2) is 11.5 Å². The summed E-state index contributed by atoms with van der Waals surface area (Å²) in [5.74, 6) is 1.19. The normalized spacial score (nSPS) is 10.8. The maximum atomic E-state index is 12.2. The van der Waals surface area contributed by atoms with E-state index in [9.17, 15) is 9.59 Å². The zero-order valence-electron chi connectivity index (χ0n) is 16.6. The third kappa shape index (κ3) is 6.16. The molecule has 0 saturated heterocycles. The van der Waals surface area contributed by atoms with E-state index >= 15 is 0 Å². The Hall–Kier alpha value is -3.28. The first kappa shape index (κ1) is 21.0. The monoisotopic (exact) mass is 382 g/mol. The lowest BCUT2D eigenvalue weighted by Gasteiger charge is -2.12. The summed E-state index contributed by atoms with van der Waals surface area (Å²) in [5.41, 5.74) is 1.83. The first-order valence-corrected chi connectivity index (χ1v) is 9.05. The van der Waals surface area contributed by atoms with Crippen molar-refractivity contribution in [3.63, 3.8) is 0 Å². The molecule has 2 aromatic rings. The quantitative estimate of drug-likeness (QED) is 0.682. The van der Waals surface area contributed by atoms with Crippen LogP contribution in [0.15, 0.2) is 48.5 Å². The molecule has 2 N–H and O–H groups in total. The molecule has 0 atom stereocenters. The van der Waals surface area contributed by atoms with E-state index in [2.05, 4.69) is 24.5 Å². The van der Waals surface area contributed by atoms with Crippen LogP contribution in [0.4, 0.5) is 5.69 Å². The number of benzene rings is 2. The highest BCUT2D eigenvalue weighted by atomic mass is 16.5. The predicted molar refractivity (Wildman–Crippen MR) is 111 cm³/mol. The lowest BCUT2D eigenvalue weighted by Crippen LogP contribution is -2.18. The molecule has 0 radical (unpaired) electrons. The van der Waals surface area contributed by atoms with Gasteiger partial charge in [0, 0.05) is 24.4 Å². The summed E-state index contributed by atoms with van der Waals surface area (Å²) >= 11 is 0. The number of hydrogen-bond donors (Lipinski definition) is 2. The molecular formula is C22H26N2O4. The summed E-state index contributed by atoms with van der Waals surface area (Å²) in [7, 11) is 3.14. The lowest BCUT2D eigenvalue weighted by atomic mass is 10.1. The zero-order chi connectivity index (χ0) is 20.5. The molecule has 0 spiro atoms. The second-order valence-electron chi connectivity index (χ2n) is 6.60. The molecule has 0 saturated carbocycles. The highest BCUT2D eigenvalue weighted by molar-refractivity contribution is 6.03. The van der Waals surface area contributed by atoms with Crippen molar-refractivity contribution in [3.8, 4) is 11.5 Å². The molecule has 6 heteroatoms. The maximum Gasteiger partial charge on any atom is 0.251 e. The Bertz CT molecular complexity index is 859. The average Bonchev–Trinajstić information content (AvgIpc) is 2.70. The van der Waals surface area contributed by atoms with Crippen LogP contribution in [0.25, 0.3) is 6.08 Å². The van der Waals surface area contributed by atoms with Crippen LogP contribution in [0.5, 0.6) is 11.5 Å². The van der Waals surface area contributed by atoms with Crippen LogP contribution in [-0.2, 0) is 4.79 Å². The third-order valence-electron chi connectivity index (χ3n) is 3.81. The van der Waals surface area contributed by atoms with Crippen LogP contribution in [0.1, 0.15) is 29.8 Å². The minimum atomic E-state index is -0.298. The van der Waals surface area contributed by atoms with Gasteiger partial charge in [-0.15, -0.1) is 0 Å². The molecule has 6 nitrogen and oxygen atoms in total. The highest BCUT2D eigenvalue weighted by Gasteiger charge is 2.07. The van der Waals surface area contributed by atoms with Crippen LogP contribution < -0.4 is 20.1 Å². The van der Waals surface area contributed by atoms with Gasteiger partial charge in [-0.25, -0.2) is 0 Å². The van der Waals surface area contributed by atoms with E-state index in [1.165, 1.54) is 6.08 Å². The van der Waals surface area contributed by atoms with E-state index in [4.69, 9.17) is 9.47 Å². The van der Waals surface area contributed by atoms with E-state index in [1.54, 1.807) is 44.5 Å². The lowest BCUT2D eigenvalue weighted by molar-refractivity contribution is -0.111. The Morgan fingerprint density at radius 2 is 1.89 bits per heavy atom. The number of carbonyl (C=O) groups is 2. The molecule has 0 aliphatic carbocycles. The standard InChI is InChI=1S/C22H26N2O4/c1-15(2)14-28-19-10-8-16(12-20(19)27-4)9-11-21(25)24-18-7-5-6-17(13-18)22(26)23-3/h5-13,15H,14H2,1-4H3,(H,23,26)(H,24,25)/b11-9+. The predicted octanol–water partition coefficient (Wildman–Crippen LogP) is 3.74. The Kier molecular flexibility index (Phi) is 7.63. The van der Waals surface area contributed by atoms with Crippen molar-refractivity contribution in [2.75, 3.05) is 26.1 Å². The number of amides is 2. The number of nitrogens with one attached hydrogen (secondary N) is 2. The molecule has 148 valence electrons. The zero-order valence-corrected chi connectivity index (χ0v) is 16.6. The highest BCUT2D eigenvalue weighted by Crippen LogP contribution is 2.29. The van der Waals surface area contributed by atoms with E-state index < -0.39 is 0 Å². The van der Waals surface area contributed by atoms with E-state index in [0.29, 0.717) is 35.3 Å². The van der Waals surface area contributed by atoms with Gasteiger partial charge in [0.05, 0.1) is 13.7 Å². The smallest absolute Gasteiger partial charge is 0.251 e. The van der Waals surface area contributed by atoms with Crippen molar-refractivity contribution in [3.05, 3.63) is 59.7 Å². The molecule has 0 aromatic heterocycles. The minimum absolute atomic E-state index is 0.210. The van der Waals surface area contributed by atoms with Gasteiger partial charge in [-0.2, -0.15) is 0 Å². The summed E-state index contributed by atoms with van der Waals surface area (Å²) in [6.45, 7) is 4.75. The molecule has 28 heavy (non-hydrogen) atoms. The van der Waals surface area contributed by atoms with Crippen LogP contribution >= 0.6 is 0 Å². The SMILES string of the molecule is CNC(=O)c1cccc(NC(=O)/C=C/c2ccc(OCC(C)C)c(OC)c2)c1. The topological polar surface area (TPSA) is 76.7 Å². The Labute approximate surface area is 165 Å². The van der Waals surface area contributed by atoms with Gasteiger partial charge < -0.3 is 20.1 Å². The van der Waals surface area contributed by atoms with Crippen LogP contribution in [-0.4, -0.2) is 32.6 Å². The van der Waals surface area contributed by atoms with E-state index in [1.807, 2.05) is 18.2 Å². The first-order valence-electron chi connectivity index (χ1n) is 9.05. The van der Waals surface area contributed by atoms with Gasteiger partial charge in [-0.1, -0.05) is 26.0 Å². The third-order valence-corrected chi connectivity index (χ3v) is 3.81. The van der Waals surface area contributed by atoms with Crippen molar-refractivity contribution in [2.24, 2.45) is 5.92 Å². The van der Waals surface area contributed by atoms with E-state index in [0.717, 1.165) is 5.56 Å². The number of anilines is 1. The fraction of sp³-hybridized carbons (Fsp3) is 0.273. The summed E-state index contributed by atoms with van der Waals surface area (Å²) in [5, 5.41) is 5.29. The summed E-state index contributed by atoms with van der Waals surface area (Å²) in [6, 6.07) is 12.2. The average molecular weight is 382 g/mol. The fourth-order valence-electron chi connectivity index (χ4n) is 2.40. The van der Waals surface area contributed by atoms with Gasteiger partial charge in [-0.05, 0) is 47.9 Å². The van der Waals surface area contributed by atoms with Gasteiger partial charge in [0.1, 0.15) is 0 Å². The summed E-state index contributed by atoms with van der Waals surface area (Å²) in [6.07, 6.45) is 3.11. The van der Waals surface area contributed by atoms with Gasteiger partial charge in [-0.3, -0.25) is 9.59 Å². The van der Waals surface area contributed by atoms with Gasteiger partial charge in [0.2, 0.25) is 5.91 Å². The summed E-state index contributed by atoms with van der Waals surface area (Å²) in [4.78, 5) is 23.9. The van der Waals surface area contributed by atoms with Crippen LogP contribution in [0, 0.1) is 5.92 Å². The number of carbonyl (C=O) groups excluding carboxylic acids is 2. The molecule has 0 aliphatic rings. The largest absolute Gasteiger partial charge is 0.493 e. The molecule has 0 aliphatic heterocycles. The second kappa shape index (κ2) is 10.2. The number of rotatable bonds is 8. The molecule has 0 heterocycles. The molecule has 2 aromatic carbocycles. The van der Waals surface area contributed by atoms with Crippen molar-refractivity contribution in [1.29, 1.82) is 0 Å². The molecule has 0 bridgehead atoms. The summed E-state index contributed by atoms with van der Waals surface area (Å²) < 4.78 is 11.1. The van der Waals surface area contributed by atoms with Crippen LogP contribution in [0.2, 0.25) is 0 Å². The van der Waals surface area contributed by atoms with Crippen molar-refractivity contribution in [1.82, 2.24) is 5.32 Å². The second-order valence-corrected chi connectivity index (χ2v) is 6.60. The fourth-order valence-corrected chi connectivity index (χ4v) is 2.40. The van der Waals surface area contributed by atoms with E-state index in [-0.39, 0.29) is 11.8 Å². The Morgan fingerprint density at radius 1 is 1.11 bits per heavy atom. The molecule has 0 unspecified atom stereocenters. The van der Waals surface area contributed by atoms with Crippen LogP contribution in [0.3, 0.4) is 0 Å². The Morgan fingerprint density at radius 3 is 2.57 bits per heavy atom. The number of methoxy groups -OCH3 is 1. The molecule has 2 rings (SSSR count). The molecular weight excluding hydrogens is 356 g/mol. The number of ether oxygens (including phenoxy) is 2. The molecule has 2 amide bonds. The molecule has 0 fully saturated rings. The maximum absolute atomic E-state index is 12.2. The minimum Gasteiger partial charge on any atom is -0.493 e. The van der Waals surface area contributed by atoms with Gasteiger partial charge in [0.25, 0.3) is 5.91 Å². The van der Waals surface area contributed by atoms with Gasteiger partial charge >= 0.3 is 0 Å².